The zero-order valence-corrected chi connectivity index (χ0v) is 12.0. The van der Waals surface area contributed by atoms with Crippen LogP contribution in [-0.4, -0.2) is 15.0 Å². The van der Waals surface area contributed by atoms with Crippen molar-refractivity contribution in [2.45, 2.75) is 6.92 Å². The Kier molecular flexibility index (Phi) is 2.93. The molecule has 22 heavy (non-hydrogen) atoms. The maximum absolute atomic E-state index is 5.61. The van der Waals surface area contributed by atoms with E-state index in [4.69, 9.17) is 4.42 Å². The molecule has 0 saturated carbocycles. The van der Waals surface area contributed by atoms with Gasteiger partial charge in [-0.25, -0.2) is 9.97 Å². The number of aryl methyl sites for hydroxylation is 1. The van der Waals surface area contributed by atoms with Crippen LogP contribution in [0, 0.1) is 6.92 Å². The predicted octanol–water partition coefficient (Wildman–Crippen LogP) is 4.26. The maximum atomic E-state index is 5.61. The first-order chi connectivity index (χ1) is 10.8. The Balaban J connectivity index is 1.96. The Bertz CT molecular complexity index is 954. The first-order valence-corrected chi connectivity index (χ1v) is 7.04. The second kappa shape index (κ2) is 5.07. The molecule has 0 fully saturated rings. The summed E-state index contributed by atoms with van der Waals surface area (Å²) in [7, 11) is 0. The minimum atomic E-state index is 0.668. The van der Waals surface area contributed by atoms with Gasteiger partial charge >= 0.3 is 0 Å². The SMILES string of the molecule is Cc1cccc(-c2ocnc2-c2cccc3cccnc23)n1. The Hall–Kier alpha value is -3.01. The van der Waals surface area contributed by atoms with Gasteiger partial charge in [-0.2, -0.15) is 0 Å². The van der Waals surface area contributed by atoms with Crippen molar-refractivity contribution in [3.8, 4) is 22.7 Å². The minimum absolute atomic E-state index is 0.668. The zero-order valence-electron chi connectivity index (χ0n) is 12.0. The molecule has 1 aromatic carbocycles. The molecule has 4 nitrogen and oxygen atoms in total. The molecule has 4 aromatic rings. The largest absolute Gasteiger partial charge is 0.441 e. The van der Waals surface area contributed by atoms with E-state index in [2.05, 4.69) is 15.0 Å². The number of nitrogens with zero attached hydrogens (tertiary/aromatic N) is 3. The zero-order chi connectivity index (χ0) is 14.9. The highest BCUT2D eigenvalue weighted by molar-refractivity contribution is 5.95. The highest BCUT2D eigenvalue weighted by Crippen LogP contribution is 2.33. The molecule has 4 heteroatoms. The Morgan fingerprint density at radius 2 is 1.77 bits per heavy atom. The van der Waals surface area contributed by atoms with Crippen LogP contribution in [0.1, 0.15) is 5.69 Å². The van der Waals surface area contributed by atoms with Crippen LogP contribution in [0.2, 0.25) is 0 Å². The molecule has 0 unspecified atom stereocenters. The van der Waals surface area contributed by atoms with E-state index in [9.17, 15) is 0 Å². The first kappa shape index (κ1) is 12.7. The van der Waals surface area contributed by atoms with Crippen LogP contribution in [-0.2, 0) is 0 Å². The Morgan fingerprint density at radius 1 is 0.909 bits per heavy atom. The number of oxazole rings is 1. The fraction of sp³-hybridized carbons (Fsp3) is 0.0556. The topological polar surface area (TPSA) is 51.8 Å². The summed E-state index contributed by atoms with van der Waals surface area (Å²) in [6.07, 6.45) is 3.24. The van der Waals surface area contributed by atoms with Gasteiger partial charge in [-0.1, -0.05) is 30.3 Å². The minimum Gasteiger partial charge on any atom is -0.441 e. The molecule has 3 heterocycles. The van der Waals surface area contributed by atoms with Gasteiger partial charge < -0.3 is 4.42 Å². The van der Waals surface area contributed by atoms with E-state index in [-0.39, 0.29) is 0 Å². The number of aromatic nitrogens is 3. The van der Waals surface area contributed by atoms with Gasteiger partial charge in [-0.05, 0) is 25.1 Å². The summed E-state index contributed by atoms with van der Waals surface area (Å²) < 4.78 is 5.61. The normalized spacial score (nSPS) is 11.0. The van der Waals surface area contributed by atoms with Crippen LogP contribution in [0.15, 0.2) is 65.5 Å². The summed E-state index contributed by atoms with van der Waals surface area (Å²) >= 11 is 0. The third-order valence-electron chi connectivity index (χ3n) is 3.58. The molecule has 106 valence electrons. The highest BCUT2D eigenvalue weighted by atomic mass is 16.3. The summed E-state index contributed by atoms with van der Waals surface area (Å²) in [5.41, 5.74) is 4.34. The van der Waals surface area contributed by atoms with Gasteiger partial charge in [0.05, 0.1) is 5.52 Å². The smallest absolute Gasteiger partial charge is 0.182 e. The van der Waals surface area contributed by atoms with Gasteiger partial charge in [0.2, 0.25) is 0 Å². The standard InChI is InChI=1S/C18H13N3O/c1-12-5-2-9-15(21-12)18-17(20-11-22-18)14-8-3-6-13-7-4-10-19-16(13)14/h2-11H,1H3. The maximum Gasteiger partial charge on any atom is 0.182 e. The monoisotopic (exact) mass is 287 g/mol. The fourth-order valence-corrected chi connectivity index (χ4v) is 2.58. The van der Waals surface area contributed by atoms with E-state index >= 15 is 0 Å². The number of hydrogen-bond donors (Lipinski definition) is 0. The number of para-hydroxylation sites is 1. The summed E-state index contributed by atoms with van der Waals surface area (Å²) in [5, 5.41) is 1.08. The molecular weight excluding hydrogens is 274 g/mol. The van der Waals surface area contributed by atoms with E-state index in [0.717, 1.165) is 33.5 Å². The van der Waals surface area contributed by atoms with Crippen molar-refractivity contribution in [3.63, 3.8) is 0 Å². The second-order valence-electron chi connectivity index (χ2n) is 5.07. The molecule has 4 rings (SSSR count). The molecule has 0 bridgehead atoms. The van der Waals surface area contributed by atoms with Crippen molar-refractivity contribution in [3.05, 3.63) is 66.8 Å². The molecular formula is C18H13N3O. The lowest BCUT2D eigenvalue weighted by Crippen LogP contribution is -1.89. The molecule has 0 radical (unpaired) electrons. The molecule has 3 aromatic heterocycles. The lowest BCUT2D eigenvalue weighted by Gasteiger charge is -2.05. The van der Waals surface area contributed by atoms with Gasteiger partial charge in [0.25, 0.3) is 0 Å². The Labute approximate surface area is 127 Å². The molecule has 0 spiro atoms. The lowest BCUT2D eigenvalue weighted by molar-refractivity contribution is 0.570. The molecule has 0 atom stereocenters. The summed E-state index contributed by atoms with van der Waals surface area (Å²) in [6.45, 7) is 1.96. The van der Waals surface area contributed by atoms with Crippen molar-refractivity contribution in [1.29, 1.82) is 0 Å². The molecule has 0 saturated heterocycles. The number of fused-ring (bicyclic) bond motifs is 1. The molecule has 0 aliphatic rings. The summed E-state index contributed by atoms with van der Waals surface area (Å²) in [4.78, 5) is 13.4. The highest BCUT2D eigenvalue weighted by Gasteiger charge is 2.16. The van der Waals surface area contributed by atoms with E-state index in [1.54, 1.807) is 6.20 Å². The van der Waals surface area contributed by atoms with Crippen LogP contribution in [0.5, 0.6) is 0 Å². The van der Waals surface area contributed by atoms with Crippen molar-refractivity contribution in [2.75, 3.05) is 0 Å². The number of rotatable bonds is 2. The molecule has 0 aliphatic carbocycles. The second-order valence-corrected chi connectivity index (χ2v) is 5.07. The van der Waals surface area contributed by atoms with E-state index < -0.39 is 0 Å². The number of pyridine rings is 2. The first-order valence-electron chi connectivity index (χ1n) is 7.04. The van der Waals surface area contributed by atoms with Crippen molar-refractivity contribution in [2.24, 2.45) is 0 Å². The van der Waals surface area contributed by atoms with Crippen LogP contribution < -0.4 is 0 Å². The van der Waals surface area contributed by atoms with E-state index in [0.29, 0.717) is 5.76 Å². The summed E-state index contributed by atoms with van der Waals surface area (Å²) in [5.74, 6) is 0.668. The van der Waals surface area contributed by atoms with Crippen molar-refractivity contribution >= 4 is 10.9 Å². The van der Waals surface area contributed by atoms with Gasteiger partial charge in [-0.3, -0.25) is 4.98 Å². The number of benzene rings is 1. The van der Waals surface area contributed by atoms with Crippen LogP contribution in [0.3, 0.4) is 0 Å². The van der Waals surface area contributed by atoms with Crippen LogP contribution in [0.25, 0.3) is 33.6 Å². The van der Waals surface area contributed by atoms with E-state index in [1.165, 1.54) is 6.39 Å². The average molecular weight is 287 g/mol. The van der Waals surface area contributed by atoms with Crippen LogP contribution >= 0.6 is 0 Å². The van der Waals surface area contributed by atoms with E-state index in [1.807, 2.05) is 55.5 Å². The van der Waals surface area contributed by atoms with Crippen LogP contribution in [0.4, 0.5) is 0 Å². The van der Waals surface area contributed by atoms with Gasteiger partial charge in [0, 0.05) is 22.8 Å². The Morgan fingerprint density at radius 3 is 2.68 bits per heavy atom. The average Bonchev–Trinajstić information content (AvgIpc) is 3.04. The third-order valence-corrected chi connectivity index (χ3v) is 3.58. The lowest BCUT2D eigenvalue weighted by atomic mass is 10.0. The third kappa shape index (κ3) is 2.05. The number of hydrogen-bond acceptors (Lipinski definition) is 4. The quantitative estimate of drug-likeness (QED) is 0.552. The van der Waals surface area contributed by atoms with Gasteiger partial charge in [0.15, 0.2) is 12.2 Å². The fourth-order valence-electron chi connectivity index (χ4n) is 2.58. The molecule has 0 aliphatic heterocycles. The summed E-state index contributed by atoms with van der Waals surface area (Å²) in [6, 6.07) is 15.9. The van der Waals surface area contributed by atoms with Crippen molar-refractivity contribution in [1.82, 2.24) is 15.0 Å². The predicted molar refractivity (Wildman–Crippen MR) is 85.2 cm³/mol. The van der Waals surface area contributed by atoms with Gasteiger partial charge in [-0.15, -0.1) is 0 Å². The molecule has 0 amide bonds. The van der Waals surface area contributed by atoms with Gasteiger partial charge in [0.1, 0.15) is 11.4 Å². The molecule has 0 N–H and O–H groups in total. The van der Waals surface area contributed by atoms with Crippen molar-refractivity contribution < 1.29 is 4.42 Å².